The Morgan fingerprint density at radius 2 is 2.20 bits per heavy atom. The van der Waals surface area contributed by atoms with Crippen molar-refractivity contribution in [3.8, 4) is 0 Å². The van der Waals surface area contributed by atoms with E-state index >= 15 is 0 Å². The van der Waals surface area contributed by atoms with Crippen LogP contribution in [0.15, 0.2) is 35.0 Å². The summed E-state index contributed by atoms with van der Waals surface area (Å²) in [5.41, 5.74) is 0. The molecule has 1 aromatic heterocycles. The van der Waals surface area contributed by atoms with Gasteiger partial charge in [0.1, 0.15) is 5.76 Å². The van der Waals surface area contributed by atoms with Crippen LogP contribution in [0.1, 0.15) is 18.1 Å². The molecule has 0 N–H and O–H groups in total. The van der Waals surface area contributed by atoms with E-state index in [1.807, 2.05) is 12.1 Å². The van der Waals surface area contributed by atoms with Crippen molar-refractivity contribution in [3.05, 3.63) is 46.4 Å². The lowest BCUT2D eigenvalue weighted by Crippen LogP contribution is -2.31. The van der Waals surface area contributed by atoms with Crippen molar-refractivity contribution in [2.75, 3.05) is 0 Å². The van der Waals surface area contributed by atoms with Crippen LogP contribution in [-0.2, 0) is 0 Å². The van der Waals surface area contributed by atoms with E-state index in [1.165, 1.54) is 0 Å². The van der Waals surface area contributed by atoms with E-state index in [2.05, 4.69) is 6.08 Å². The van der Waals surface area contributed by atoms with E-state index < -0.39 is 6.04 Å². The van der Waals surface area contributed by atoms with Gasteiger partial charge in [-0.3, -0.25) is 10.1 Å². The summed E-state index contributed by atoms with van der Waals surface area (Å²) in [5.74, 6) is 1.08. The summed E-state index contributed by atoms with van der Waals surface area (Å²) in [4.78, 5) is 10.9. The topological polar surface area (TPSA) is 56.3 Å². The lowest BCUT2D eigenvalue weighted by atomic mass is 9.87. The zero-order valence-electron chi connectivity index (χ0n) is 8.08. The minimum atomic E-state index is -0.494. The molecular formula is C11H11NO3. The molecule has 3 rings (SSSR count). The lowest BCUT2D eigenvalue weighted by Gasteiger charge is -2.19. The molecule has 2 aliphatic rings. The third-order valence-electron chi connectivity index (χ3n) is 3.53. The molecule has 1 saturated carbocycles. The molecule has 1 aromatic rings. The molecule has 1 heterocycles. The summed E-state index contributed by atoms with van der Waals surface area (Å²) < 4.78 is 5.31. The number of nitrogens with zero attached hydrogens (tertiary/aromatic N) is 1. The van der Waals surface area contributed by atoms with Gasteiger partial charge in [0.25, 0.3) is 0 Å². The molecule has 4 atom stereocenters. The van der Waals surface area contributed by atoms with Crippen LogP contribution in [0.4, 0.5) is 0 Å². The summed E-state index contributed by atoms with van der Waals surface area (Å²) in [6.45, 7) is 0. The highest BCUT2D eigenvalue weighted by molar-refractivity contribution is 5.24. The summed E-state index contributed by atoms with van der Waals surface area (Å²) in [7, 11) is 0. The van der Waals surface area contributed by atoms with Crippen molar-refractivity contribution in [2.24, 2.45) is 11.8 Å². The molecule has 0 saturated heterocycles. The summed E-state index contributed by atoms with van der Waals surface area (Å²) in [6.07, 6.45) is 6.56. The Balaban J connectivity index is 2.00. The number of hydrogen-bond acceptors (Lipinski definition) is 3. The van der Waals surface area contributed by atoms with Gasteiger partial charge in [-0.05, 0) is 24.5 Å². The van der Waals surface area contributed by atoms with Gasteiger partial charge >= 0.3 is 0 Å². The zero-order valence-corrected chi connectivity index (χ0v) is 8.08. The van der Waals surface area contributed by atoms with Crippen LogP contribution in [0.5, 0.6) is 0 Å². The van der Waals surface area contributed by atoms with Crippen molar-refractivity contribution in [2.45, 2.75) is 18.4 Å². The molecular weight excluding hydrogens is 194 g/mol. The van der Waals surface area contributed by atoms with Crippen LogP contribution in [0, 0.1) is 22.0 Å². The monoisotopic (exact) mass is 205 g/mol. The average Bonchev–Trinajstić information content (AvgIpc) is 2.92. The van der Waals surface area contributed by atoms with Crippen molar-refractivity contribution in [3.63, 3.8) is 0 Å². The molecule has 0 unspecified atom stereocenters. The standard InChI is InChI=1S/C11H11NO3/c13-12(14)11-8-4-3-7(6-8)10(11)9-2-1-5-15-9/h1-5,7-8,10-11H,6H2/t7-,8-,10-,11-/m0/s1. The summed E-state index contributed by atoms with van der Waals surface area (Å²) >= 11 is 0. The van der Waals surface area contributed by atoms with Crippen molar-refractivity contribution in [1.82, 2.24) is 0 Å². The molecule has 0 aliphatic heterocycles. The first-order chi connectivity index (χ1) is 7.27. The number of rotatable bonds is 2. The fourth-order valence-electron chi connectivity index (χ4n) is 2.94. The van der Waals surface area contributed by atoms with Crippen LogP contribution in [-0.4, -0.2) is 11.0 Å². The summed E-state index contributed by atoms with van der Waals surface area (Å²) in [6, 6.07) is 3.14. The van der Waals surface area contributed by atoms with Gasteiger partial charge in [0.2, 0.25) is 6.04 Å². The van der Waals surface area contributed by atoms with Crippen LogP contribution in [0.2, 0.25) is 0 Å². The van der Waals surface area contributed by atoms with Gasteiger partial charge in [-0.15, -0.1) is 0 Å². The quantitative estimate of drug-likeness (QED) is 0.422. The third-order valence-corrected chi connectivity index (χ3v) is 3.53. The maximum absolute atomic E-state index is 11.0. The van der Waals surface area contributed by atoms with Gasteiger partial charge in [-0.25, -0.2) is 0 Å². The Hall–Kier alpha value is -1.58. The van der Waals surface area contributed by atoms with E-state index in [1.54, 1.807) is 12.3 Å². The van der Waals surface area contributed by atoms with Gasteiger partial charge in [0.15, 0.2) is 0 Å². The van der Waals surface area contributed by atoms with Crippen LogP contribution in [0.25, 0.3) is 0 Å². The minimum Gasteiger partial charge on any atom is -0.469 e. The molecule has 78 valence electrons. The molecule has 0 aromatic carbocycles. The van der Waals surface area contributed by atoms with Crippen molar-refractivity contribution >= 4 is 0 Å². The predicted octanol–water partition coefficient (Wildman–Crippen LogP) is 2.21. The maximum Gasteiger partial charge on any atom is 0.229 e. The number of fused-ring (bicyclic) bond motifs is 2. The minimum absolute atomic E-state index is 0.0648. The van der Waals surface area contributed by atoms with E-state index in [-0.39, 0.29) is 22.7 Å². The van der Waals surface area contributed by atoms with Gasteiger partial charge < -0.3 is 4.42 Å². The number of hydrogen-bond donors (Lipinski definition) is 0. The number of nitro groups is 1. The largest absolute Gasteiger partial charge is 0.469 e. The Bertz CT molecular complexity index is 409. The maximum atomic E-state index is 11.0. The van der Waals surface area contributed by atoms with E-state index in [9.17, 15) is 10.1 Å². The molecule has 1 fully saturated rings. The molecule has 2 aliphatic carbocycles. The van der Waals surface area contributed by atoms with E-state index in [0.717, 1.165) is 12.2 Å². The fraction of sp³-hybridized carbons (Fsp3) is 0.455. The van der Waals surface area contributed by atoms with Gasteiger partial charge in [-0.1, -0.05) is 12.2 Å². The van der Waals surface area contributed by atoms with Gasteiger partial charge in [0, 0.05) is 10.8 Å². The highest BCUT2D eigenvalue weighted by Crippen LogP contribution is 2.50. The molecule has 2 bridgehead atoms. The number of furan rings is 1. The van der Waals surface area contributed by atoms with Gasteiger partial charge in [0.05, 0.1) is 12.2 Å². The Morgan fingerprint density at radius 3 is 2.87 bits per heavy atom. The SMILES string of the molecule is O=[N+]([O-])[C@@H]1[C@H](c2ccco2)[C@H]2C=C[C@H]1C2. The van der Waals surface area contributed by atoms with Gasteiger partial charge in [-0.2, -0.15) is 0 Å². The van der Waals surface area contributed by atoms with E-state index in [0.29, 0.717) is 0 Å². The average molecular weight is 205 g/mol. The molecule has 0 spiro atoms. The molecule has 4 heteroatoms. The third kappa shape index (κ3) is 1.14. The molecule has 0 radical (unpaired) electrons. The fourth-order valence-corrected chi connectivity index (χ4v) is 2.94. The first-order valence-electron chi connectivity index (χ1n) is 5.12. The normalized spacial score (nSPS) is 37.3. The zero-order chi connectivity index (χ0) is 10.4. The predicted molar refractivity (Wildman–Crippen MR) is 53.0 cm³/mol. The smallest absolute Gasteiger partial charge is 0.229 e. The molecule has 0 amide bonds. The first-order valence-corrected chi connectivity index (χ1v) is 5.12. The highest BCUT2D eigenvalue weighted by atomic mass is 16.6. The lowest BCUT2D eigenvalue weighted by molar-refractivity contribution is -0.530. The summed E-state index contributed by atoms with van der Waals surface area (Å²) in [5, 5.41) is 11.0. The second kappa shape index (κ2) is 2.95. The molecule has 4 nitrogen and oxygen atoms in total. The van der Waals surface area contributed by atoms with E-state index in [4.69, 9.17) is 4.42 Å². The van der Waals surface area contributed by atoms with Crippen LogP contribution >= 0.6 is 0 Å². The second-order valence-corrected chi connectivity index (χ2v) is 4.27. The van der Waals surface area contributed by atoms with Crippen molar-refractivity contribution < 1.29 is 9.34 Å². The Kier molecular flexibility index (Phi) is 1.71. The van der Waals surface area contributed by atoms with Crippen molar-refractivity contribution in [1.29, 1.82) is 0 Å². The molecule has 15 heavy (non-hydrogen) atoms. The highest BCUT2D eigenvalue weighted by Gasteiger charge is 2.53. The van der Waals surface area contributed by atoms with Crippen LogP contribution in [0.3, 0.4) is 0 Å². The van der Waals surface area contributed by atoms with Crippen LogP contribution < -0.4 is 0 Å². The Morgan fingerprint density at radius 1 is 1.40 bits per heavy atom. The Labute approximate surface area is 86.7 Å². The first kappa shape index (κ1) is 8.71. The number of allylic oxidation sites excluding steroid dienone is 1. The second-order valence-electron chi connectivity index (χ2n) is 4.27.